The van der Waals surface area contributed by atoms with Crippen molar-refractivity contribution in [2.75, 3.05) is 6.54 Å². The first-order valence-corrected chi connectivity index (χ1v) is 5.07. The first-order chi connectivity index (χ1) is 7.24. The van der Waals surface area contributed by atoms with E-state index < -0.39 is 0 Å². The minimum Gasteiger partial charge on any atom is -0.461 e. The van der Waals surface area contributed by atoms with Crippen LogP contribution in [0.2, 0.25) is 0 Å². The van der Waals surface area contributed by atoms with Gasteiger partial charge in [0.25, 0.3) is 0 Å². The van der Waals surface area contributed by atoms with Crippen molar-refractivity contribution in [2.45, 2.75) is 26.2 Å². The van der Waals surface area contributed by atoms with Crippen LogP contribution in [-0.4, -0.2) is 18.2 Å². The SMILES string of the molecule is CCCCC(=O)NCC(=O)c1ccco1. The van der Waals surface area contributed by atoms with Crippen LogP contribution in [0.3, 0.4) is 0 Å². The number of nitrogens with one attached hydrogen (secondary N) is 1. The molecule has 15 heavy (non-hydrogen) atoms. The van der Waals surface area contributed by atoms with E-state index in [1.54, 1.807) is 12.1 Å². The molecule has 0 unspecified atom stereocenters. The van der Waals surface area contributed by atoms with Crippen molar-refractivity contribution in [3.8, 4) is 0 Å². The van der Waals surface area contributed by atoms with Gasteiger partial charge in [0, 0.05) is 6.42 Å². The van der Waals surface area contributed by atoms with E-state index in [2.05, 4.69) is 5.32 Å². The molecule has 0 saturated heterocycles. The van der Waals surface area contributed by atoms with Crippen LogP contribution in [0.15, 0.2) is 22.8 Å². The molecule has 0 aromatic carbocycles. The first kappa shape index (κ1) is 11.5. The molecule has 1 N–H and O–H groups in total. The van der Waals surface area contributed by atoms with Gasteiger partial charge < -0.3 is 9.73 Å². The van der Waals surface area contributed by atoms with E-state index in [0.29, 0.717) is 6.42 Å². The maximum Gasteiger partial charge on any atom is 0.220 e. The van der Waals surface area contributed by atoms with Gasteiger partial charge in [-0.15, -0.1) is 0 Å². The number of amides is 1. The Morgan fingerprint density at radius 1 is 1.47 bits per heavy atom. The van der Waals surface area contributed by atoms with Crippen molar-refractivity contribution in [3.05, 3.63) is 24.2 Å². The van der Waals surface area contributed by atoms with Gasteiger partial charge in [-0.1, -0.05) is 13.3 Å². The van der Waals surface area contributed by atoms with Gasteiger partial charge in [0.05, 0.1) is 12.8 Å². The Labute approximate surface area is 88.7 Å². The fourth-order valence-electron chi connectivity index (χ4n) is 1.13. The van der Waals surface area contributed by atoms with Crippen LogP contribution in [0.25, 0.3) is 0 Å². The van der Waals surface area contributed by atoms with Gasteiger partial charge in [0.15, 0.2) is 5.76 Å². The smallest absolute Gasteiger partial charge is 0.220 e. The Kier molecular flexibility index (Phi) is 4.60. The van der Waals surface area contributed by atoms with Crippen LogP contribution in [0.1, 0.15) is 36.7 Å². The molecular weight excluding hydrogens is 194 g/mol. The van der Waals surface area contributed by atoms with Crippen LogP contribution in [0, 0.1) is 0 Å². The number of Topliss-reactive ketones (excluding diaryl/α,β-unsaturated/α-hetero) is 1. The molecule has 82 valence electrons. The minimum absolute atomic E-state index is 0.00998. The van der Waals surface area contributed by atoms with E-state index in [9.17, 15) is 9.59 Å². The molecule has 1 aromatic heterocycles. The lowest BCUT2D eigenvalue weighted by Crippen LogP contribution is -2.29. The number of rotatable bonds is 6. The van der Waals surface area contributed by atoms with E-state index in [-0.39, 0.29) is 24.0 Å². The van der Waals surface area contributed by atoms with Crippen molar-refractivity contribution in [2.24, 2.45) is 0 Å². The lowest BCUT2D eigenvalue weighted by Gasteiger charge is -2.01. The number of carbonyl (C=O) groups excluding carboxylic acids is 2. The third-order valence-corrected chi connectivity index (χ3v) is 2.00. The summed E-state index contributed by atoms with van der Waals surface area (Å²) in [6.07, 6.45) is 3.73. The number of hydrogen-bond acceptors (Lipinski definition) is 3. The molecule has 1 aromatic rings. The molecule has 0 saturated carbocycles. The monoisotopic (exact) mass is 209 g/mol. The zero-order chi connectivity index (χ0) is 11.1. The zero-order valence-electron chi connectivity index (χ0n) is 8.79. The number of unbranched alkanes of at least 4 members (excludes halogenated alkanes) is 1. The molecule has 0 aliphatic rings. The van der Waals surface area contributed by atoms with Crippen molar-refractivity contribution >= 4 is 11.7 Å². The highest BCUT2D eigenvalue weighted by molar-refractivity contribution is 5.96. The van der Waals surface area contributed by atoms with E-state index in [1.807, 2.05) is 6.92 Å². The van der Waals surface area contributed by atoms with Gasteiger partial charge >= 0.3 is 0 Å². The summed E-state index contributed by atoms with van der Waals surface area (Å²) in [5, 5.41) is 2.56. The molecule has 0 fully saturated rings. The standard InChI is InChI=1S/C11H15NO3/c1-2-3-6-11(14)12-8-9(13)10-5-4-7-15-10/h4-5,7H,2-3,6,8H2,1H3,(H,12,14). The van der Waals surface area contributed by atoms with Crippen LogP contribution in [-0.2, 0) is 4.79 Å². The summed E-state index contributed by atoms with van der Waals surface area (Å²) in [7, 11) is 0. The highest BCUT2D eigenvalue weighted by atomic mass is 16.3. The second-order valence-electron chi connectivity index (χ2n) is 3.28. The van der Waals surface area contributed by atoms with Crippen LogP contribution in [0.5, 0.6) is 0 Å². The summed E-state index contributed by atoms with van der Waals surface area (Å²) in [4.78, 5) is 22.6. The predicted octanol–water partition coefficient (Wildman–Crippen LogP) is 1.77. The van der Waals surface area contributed by atoms with Gasteiger partial charge in [-0.25, -0.2) is 0 Å². The van der Waals surface area contributed by atoms with Gasteiger partial charge in [-0.3, -0.25) is 9.59 Å². The Balaban J connectivity index is 2.25. The Hall–Kier alpha value is -1.58. The van der Waals surface area contributed by atoms with Crippen LogP contribution in [0.4, 0.5) is 0 Å². The Bertz CT molecular complexity index is 317. The quantitative estimate of drug-likeness (QED) is 0.726. The third kappa shape index (κ3) is 3.97. The Morgan fingerprint density at radius 2 is 2.27 bits per heavy atom. The fraction of sp³-hybridized carbons (Fsp3) is 0.455. The average Bonchev–Trinajstić information content (AvgIpc) is 2.76. The van der Waals surface area contributed by atoms with Gasteiger partial charge in [0.2, 0.25) is 11.7 Å². The van der Waals surface area contributed by atoms with Crippen molar-refractivity contribution in [3.63, 3.8) is 0 Å². The highest BCUT2D eigenvalue weighted by Gasteiger charge is 2.09. The maximum absolute atomic E-state index is 11.4. The second kappa shape index (κ2) is 6.01. The van der Waals surface area contributed by atoms with Crippen molar-refractivity contribution < 1.29 is 14.0 Å². The van der Waals surface area contributed by atoms with E-state index in [0.717, 1.165) is 12.8 Å². The van der Waals surface area contributed by atoms with Gasteiger partial charge in [-0.05, 0) is 18.6 Å². The number of furan rings is 1. The molecule has 4 nitrogen and oxygen atoms in total. The predicted molar refractivity (Wildman–Crippen MR) is 55.6 cm³/mol. The molecule has 1 rings (SSSR count). The average molecular weight is 209 g/mol. The van der Waals surface area contributed by atoms with Crippen LogP contribution >= 0.6 is 0 Å². The van der Waals surface area contributed by atoms with E-state index >= 15 is 0 Å². The second-order valence-corrected chi connectivity index (χ2v) is 3.28. The molecule has 1 amide bonds. The molecule has 4 heteroatoms. The molecule has 0 aliphatic carbocycles. The van der Waals surface area contributed by atoms with Crippen molar-refractivity contribution in [1.29, 1.82) is 0 Å². The van der Waals surface area contributed by atoms with Crippen LogP contribution < -0.4 is 5.32 Å². The zero-order valence-corrected chi connectivity index (χ0v) is 8.79. The summed E-state index contributed by atoms with van der Waals surface area (Å²) in [5.74, 6) is -0.00704. The van der Waals surface area contributed by atoms with E-state index in [4.69, 9.17) is 4.42 Å². The number of ketones is 1. The molecule has 1 heterocycles. The van der Waals surface area contributed by atoms with Crippen molar-refractivity contribution in [1.82, 2.24) is 5.32 Å². The summed E-state index contributed by atoms with van der Waals surface area (Å²) < 4.78 is 4.91. The summed E-state index contributed by atoms with van der Waals surface area (Å²) >= 11 is 0. The lowest BCUT2D eigenvalue weighted by molar-refractivity contribution is -0.121. The Morgan fingerprint density at radius 3 is 2.87 bits per heavy atom. The largest absolute Gasteiger partial charge is 0.461 e. The summed E-state index contributed by atoms with van der Waals surface area (Å²) in [5.41, 5.74) is 0. The summed E-state index contributed by atoms with van der Waals surface area (Å²) in [6.45, 7) is 2.03. The number of hydrogen-bond donors (Lipinski definition) is 1. The number of carbonyl (C=O) groups is 2. The molecular formula is C11H15NO3. The molecule has 0 aliphatic heterocycles. The molecule has 0 spiro atoms. The molecule has 0 radical (unpaired) electrons. The minimum atomic E-state index is -0.204. The third-order valence-electron chi connectivity index (χ3n) is 2.00. The lowest BCUT2D eigenvalue weighted by atomic mass is 10.2. The maximum atomic E-state index is 11.4. The first-order valence-electron chi connectivity index (χ1n) is 5.07. The molecule has 0 atom stereocenters. The summed E-state index contributed by atoms with van der Waals surface area (Å²) in [6, 6.07) is 3.23. The van der Waals surface area contributed by atoms with E-state index in [1.165, 1.54) is 6.26 Å². The van der Waals surface area contributed by atoms with Gasteiger partial charge in [0.1, 0.15) is 0 Å². The van der Waals surface area contributed by atoms with Gasteiger partial charge in [-0.2, -0.15) is 0 Å². The molecule has 0 bridgehead atoms. The fourth-order valence-corrected chi connectivity index (χ4v) is 1.13. The normalized spacial score (nSPS) is 9.93. The topological polar surface area (TPSA) is 59.3 Å². The highest BCUT2D eigenvalue weighted by Crippen LogP contribution is 2.00.